The second-order valence-electron chi connectivity index (χ2n) is 5.35. The molecule has 8 heteroatoms. The highest BCUT2D eigenvalue weighted by Crippen LogP contribution is 2.30. The molecule has 0 aliphatic heterocycles. The molecule has 26 heavy (non-hydrogen) atoms. The lowest BCUT2D eigenvalue weighted by molar-refractivity contribution is 0.395. The number of aromatic nitrogens is 5. The molecule has 0 amide bonds. The quantitative estimate of drug-likeness (QED) is 0.519. The second kappa shape index (κ2) is 7.40. The third kappa shape index (κ3) is 3.45. The average molecular weight is 365 g/mol. The molecule has 0 aliphatic rings. The van der Waals surface area contributed by atoms with E-state index in [1.54, 1.807) is 13.3 Å². The van der Waals surface area contributed by atoms with E-state index in [1.165, 1.54) is 11.8 Å². The van der Waals surface area contributed by atoms with Gasteiger partial charge in [0.1, 0.15) is 22.9 Å². The average Bonchev–Trinajstić information content (AvgIpc) is 3.36. The summed E-state index contributed by atoms with van der Waals surface area (Å²) in [7, 11) is 1.64. The number of pyridine rings is 1. The number of hydrogen-bond acceptors (Lipinski definition) is 7. The number of hydrogen-bond donors (Lipinski definition) is 1. The number of rotatable bonds is 6. The molecular weight excluding hydrogens is 350 g/mol. The molecule has 0 fully saturated rings. The van der Waals surface area contributed by atoms with Crippen molar-refractivity contribution in [3.63, 3.8) is 0 Å². The van der Waals surface area contributed by atoms with E-state index >= 15 is 0 Å². The fraction of sp³-hybridized carbons (Fsp3) is 0.111. The lowest BCUT2D eigenvalue weighted by Crippen LogP contribution is -1.86. The number of benzene rings is 1. The summed E-state index contributed by atoms with van der Waals surface area (Å²) < 4.78 is 10.8. The van der Waals surface area contributed by atoms with Crippen LogP contribution in [0.15, 0.2) is 64.4 Å². The van der Waals surface area contributed by atoms with Crippen molar-refractivity contribution in [2.75, 3.05) is 7.11 Å². The normalized spacial score (nSPS) is 10.8. The lowest BCUT2D eigenvalue weighted by atomic mass is 10.1. The summed E-state index contributed by atoms with van der Waals surface area (Å²) in [4.78, 5) is 8.69. The van der Waals surface area contributed by atoms with Crippen molar-refractivity contribution in [2.24, 2.45) is 0 Å². The number of nitrogens with one attached hydrogen (secondary N) is 1. The number of nitrogens with zero attached hydrogens (tertiary/aromatic N) is 4. The Bertz CT molecular complexity index is 1000. The highest BCUT2D eigenvalue weighted by atomic mass is 32.2. The number of para-hydroxylation sites is 1. The Kier molecular flexibility index (Phi) is 4.65. The second-order valence-corrected chi connectivity index (χ2v) is 6.29. The van der Waals surface area contributed by atoms with Gasteiger partial charge < -0.3 is 9.26 Å². The van der Waals surface area contributed by atoms with Crippen molar-refractivity contribution in [1.29, 1.82) is 0 Å². The summed E-state index contributed by atoms with van der Waals surface area (Å²) in [5.74, 6) is 2.70. The zero-order valence-corrected chi connectivity index (χ0v) is 14.7. The van der Waals surface area contributed by atoms with Gasteiger partial charge in [-0.25, -0.2) is 0 Å². The largest absolute Gasteiger partial charge is 0.496 e. The van der Waals surface area contributed by atoms with Gasteiger partial charge in [0.05, 0.1) is 12.9 Å². The van der Waals surface area contributed by atoms with Crippen LogP contribution in [-0.2, 0) is 5.75 Å². The molecule has 0 radical (unpaired) electrons. The maximum atomic E-state index is 5.43. The van der Waals surface area contributed by atoms with Crippen LogP contribution in [-0.4, -0.2) is 32.4 Å². The number of thioether (sulfide) groups is 1. The van der Waals surface area contributed by atoms with Gasteiger partial charge in [-0.3, -0.25) is 10.1 Å². The van der Waals surface area contributed by atoms with Crippen LogP contribution in [0.4, 0.5) is 0 Å². The smallest absolute Gasteiger partial charge is 0.209 e. The summed E-state index contributed by atoms with van der Waals surface area (Å²) in [5, 5.41) is 11.9. The van der Waals surface area contributed by atoms with E-state index in [0.29, 0.717) is 16.7 Å². The molecule has 130 valence electrons. The minimum atomic E-state index is 0.571. The topological polar surface area (TPSA) is 89.7 Å². The predicted molar refractivity (Wildman–Crippen MR) is 97.7 cm³/mol. The van der Waals surface area contributed by atoms with Crippen LogP contribution < -0.4 is 4.74 Å². The monoisotopic (exact) mass is 365 g/mol. The Morgan fingerprint density at radius 3 is 2.85 bits per heavy atom. The molecule has 0 bridgehead atoms. The Balaban J connectivity index is 1.45. The highest BCUT2D eigenvalue weighted by molar-refractivity contribution is 7.98. The van der Waals surface area contributed by atoms with Crippen molar-refractivity contribution in [3.05, 3.63) is 60.5 Å². The van der Waals surface area contributed by atoms with Gasteiger partial charge in [0.25, 0.3) is 0 Å². The summed E-state index contributed by atoms with van der Waals surface area (Å²) >= 11 is 1.46. The first-order valence-electron chi connectivity index (χ1n) is 7.89. The van der Waals surface area contributed by atoms with Gasteiger partial charge >= 0.3 is 0 Å². The minimum absolute atomic E-state index is 0.571. The minimum Gasteiger partial charge on any atom is -0.496 e. The van der Waals surface area contributed by atoms with Crippen LogP contribution in [0.5, 0.6) is 5.75 Å². The maximum absolute atomic E-state index is 5.43. The first kappa shape index (κ1) is 16.3. The molecule has 0 unspecified atom stereocenters. The van der Waals surface area contributed by atoms with Gasteiger partial charge in [0.2, 0.25) is 5.16 Å². The Hall–Kier alpha value is -3.13. The van der Waals surface area contributed by atoms with E-state index in [0.717, 1.165) is 28.5 Å². The highest BCUT2D eigenvalue weighted by Gasteiger charge is 2.13. The zero-order valence-electron chi connectivity index (χ0n) is 13.9. The molecule has 7 nitrogen and oxygen atoms in total. The van der Waals surface area contributed by atoms with E-state index in [4.69, 9.17) is 9.26 Å². The molecule has 0 aliphatic carbocycles. The van der Waals surface area contributed by atoms with Gasteiger partial charge in [-0.15, -0.1) is 5.10 Å². The molecule has 0 saturated carbocycles. The Morgan fingerprint density at radius 2 is 2.00 bits per heavy atom. The van der Waals surface area contributed by atoms with Crippen LogP contribution >= 0.6 is 11.8 Å². The third-order valence-corrected chi connectivity index (χ3v) is 4.53. The molecule has 3 aromatic heterocycles. The van der Waals surface area contributed by atoms with Crippen LogP contribution in [0.1, 0.15) is 5.76 Å². The van der Waals surface area contributed by atoms with Crippen molar-refractivity contribution >= 4 is 11.8 Å². The van der Waals surface area contributed by atoms with Gasteiger partial charge in [-0.1, -0.05) is 35.1 Å². The van der Waals surface area contributed by atoms with Gasteiger partial charge in [-0.05, 0) is 24.3 Å². The van der Waals surface area contributed by atoms with Crippen LogP contribution in [0.2, 0.25) is 0 Å². The zero-order chi connectivity index (χ0) is 17.8. The van der Waals surface area contributed by atoms with Crippen LogP contribution in [0.3, 0.4) is 0 Å². The van der Waals surface area contributed by atoms with E-state index in [9.17, 15) is 0 Å². The van der Waals surface area contributed by atoms with Crippen molar-refractivity contribution < 1.29 is 9.26 Å². The molecule has 3 heterocycles. The first-order valence-corrected chi connectivity index (χ1v) is 8.87. The number of aromatic amines is 1. The molecule has 0 spiro atoms. The molecule has 4 rings (SSSR count). The Morgan fingerprint density at radius 1 is 1.12 bits per heavy atom. The van der Waals surface area contributed by atoms with Gasteiger partial charge in [-0.2, -0.15) is 4.98 Å². The SMILES string of the molecule is COc1ccccc1-c1cc(CSc2n[nH]c(-c3ccccn3)n2)on1. The summed E-state index contributed by atoms with van der Waals surface area (Å²) in [5.41, 5.74) is 2.39. The van der Waals surface area contributed by atoms with E-state index in [1.807, 2.05) is 48.5 Å². The molecule has 4 aromatic rings. The maximum Gasteiger partial charge on any atom is 0.209 e. The van der Waals surface area contributed by atoms with Gasteiger partial charge in [0.15, 0.2) is 5.82 Å². The van der Waals surface area contributed by atoms with Crippen molar-refractivity contribution in [3.8, 4) is 28.5 Å². The van der Waals surface area contributed by atoms with Crippen LogP contribution in [0, 0.1) is 0 Å². The van der Waals surface area contributed by atoms with E-state index in [-0.39, 0.29) is 0 Å². The van der Waals surface area contributed by atoms with E-state index < -0.39 is 0 Å². The van der Waals surface area contributed by atoms with Crippen molar-refractivity contribution in [1.82, 2.24) is 25.3 Å². The lowest BCUT2D eigenvalue weighted by Gasteiger charge is -2.03. The van der Waals surface area contributed by atoms with Crippen molar-refractivity contribution in [2.45, 2.75) is 10.9 Å². The van der Waals surface area contributed by atoms with E-state index in [2.05, 4.69) is 25.3 Å². The summed E-state index contributed by atoms with van der Waals surface area (Å²) in [6, 6.07) is 15.2. The third-order valence-electron chi connectivity index (χ3n) is 3.66. The Labute approximate surface area is 153 Å². The fourth-order valence-electron chi connectivity index (χ4n) is 2.43. The van der Waals surface area contributed by atoms with Gasteiger partial charge in [0, 0.05) is 17.8 Å². The molecular formula is C18H15N5O2S. The molecule has 0 atom stereocenters. The number of methoxy groups -OCH3 is 1. The molecule has 1 aromatic carbocycles. The summed E-state index contributed by atoms with van der Waals surface area (Å²) in [6.07, 6.45) is 1.72. The number of ether oxygens (including phenoxy) is 1. The number of H-pyrrole nitrogens is 1. The summed E-state index contributed by atoms with van der Waals surface area (Å²) in [6.45, 7) is 0. The standard InChI is InChI=1S/C18H15N5O2S/c1-24-16-8-3-2-6-13(16)15-10-12(25-23-15)11-26-18-20-17(21-22-18)14-7-4-5-9-19-14/h2-10H,11H2,1H3,(H,20,21,22). The first-order chi connectivity index (χ1) is 12.8. The fourth-order valence-corrected chi connectivity index (χ4v) is 3.10. The van der Waals surface area contributed by atoms with Crippen LogP contribution in [0.25, 0.3) is 22.8 Å². The predicted octanol–water partition coefficient (Wildman–Crippen LogP) is 3.82. The molecule has 0 saturated heterocycles. The molecule has 1 N–H and O–H groups in total.